The zero-order valence-electron chi connectivity index (χ0n) is 15.9. The molecular weight excluding hydrogens is 416 g/mol. The van der Waals surface area contributed by atoms with E-state index in [1.165, 1.54) is 28.2 Å². The van der Waals surface area contributed by atoms with Gasteiger partial charge in [0.15, 0.2) is 0 Å². The van der Waals surface area contributed by atoms with Crippen LogP contribution in [0.4, 0.5) is 10.7 Å². The lowest BCUT2D eigenvalue weighted by molar-refractivity contribution is 0.100. The molecule has 5 rings (SSSR count). The van der Waals surface area contributed by atoms with E-state index in [0.717, 1.165) is 40.7 Å². The zero-order valence-corrected chi connectivity index (χ0v) is 17.5. The van der Waals surface area contributed by atoms with Gasteiger partial charge in [-0.05, 0) is 36.5 Å². The van der Waals surface area contributed by atoms with Gasteiger partial charge >= 0.3 is 0 Å². The summed E-state index contributed by atoms with van der Waals surface area (Å²) in [5.41, 5.74) is 16.5. The Bertz CT molecular complexity index is 1310. The number of nitrogen functional groups attached to an aromatic ring is 1. The van der Waals surface area contributed by atoms with E-state index < -0.39 is 5.91 Å². The average molecular weight is 435 g/mol. The minimum atomic E-state index is -0.590. The number of fused-ring (bicyclic) bond motifs is 2. The fourth-order valence-corrected chi connectivity index (χ4v) is 5.81. The molecule has 30 heavy (non-hydrogen) atoms. The van der Waals surface area contributed by atoms with Gasteiger partial charge in [0.2, 0.25) is 0 Å². The summed E-state index contributed by atoms with van der Waals surface area (Å²) in [6.45, 7) is 0. The monoisotopic (exact) mass is 434 g/mol. The van der Waals surface area contributed by atoms with Crippen molar-refractivity contribution in [2.24, 2.45) is 5.73 Å². The molecule has 1 aliphatic carbocycles. The van der Waals surface area contributed by atoms with Gasteiger partial charge in [-0.3, -0.25) is 9.59 Å². The van der Waals surface area contributed by atoms with Gasteiger partial charge in [0, 0.05) is 22.0 Å². The molecular formula is C22H18N4O2S2. The van der Waals surface area contributed by atoms with Crippen molar-refractivity contribution in [2.75, 3.05) is 11.1 Å². The molecule has 1 aromatic carbocycles. The average Bonchev–Trinajstić information content (AvgIpc) is 3.44. The molecule has 0 unspecified atom stereocenters. The van der Waals surface area contributed by atoms with Crippen LogP contribution in [0.25, 0.3) is 21.3 Å². The molecule has 0 fully saturated rings. The summed E-state index contributed by atoms with van der Waals surface area (Å²) in [6, 6.07) is 11.5. The molecule has 0 aliphatic heterocycles. The number of amides is 2. The first-order chi connectivity index (χ1) is 14.5. The van der Waals surface area contributed by atoms with Gasteiger partial charge in [-0.2, -0.15) is 0 Å². The number of primary amides is 1. The van der Waals surface area contributed by atoms with E-state index in [4.69, 9.17) is 16.5 Å². The molecule has 0 radical (unpaired) electrons. The van der Waals surface area contributed by atoms with Gasteiger partial charge in [-0.15, -0.1) is 22.7 Å². The number of nitrogens with two attached hydrogens (primary N) is 2. The van der Waals surface area contributed by atoms with Crippen molar-refractivity contribution >= 4 is 55.4 Å². The van der Waals surface area contributed by atoms with Crippen LogP contribution in [0.2, 0.25) is 0 Å². The Balaban J connectivity index is 1.51. The van der Waals surface area contributed by atoms with Crippen LogP contribution < -0.4 is 16.8 Å². The minimum Gasteiger partial charge on any atom is -0.397 e. The maximum atomic E-state index is 13.0. The molecule has 3 aromatic heterocycles. The molecule has 0 saturated carbocycles. The number of carbonyl (C=O) groups excluding carboxylic acids is 2. The zero-order chi connectivity index (χ0) is 20.8. The van der Waals surface area contributed by atoms with Crippen molar-refractivity contribution in [3.8, 4) is 11.1 Å². The third kappa shape index (κ3) is 3.05. The van der Waals surface area contributed by atoms with Crippen LogP contribution in [-0.4, -0.2) is 16.8 Å². The molecule has 2 amide bonds. The second kappa shape index (κ2) is 7.23. The Kier molecular flexibility index (Phi) is 4.52. The van der Waals surface area contributed by atoms with Crippen molar-refractivity contribution in [3.05, 3.63) is 63.5 Å². The quantitative estimate of drug-likeness (QED) is 0.441. The maximum absolute atomic E-state index is 13.0. The van der Waals surface area contributed by atoms with Crippen LogP contribution in [0.1, 0.15) is 37.7 Å². The molecule has 0 saturated heterocycles. The number of aryl methyl sites for hydroxylation is 2. The highest BCUT2D eigenvalue weighted by Crippen LogP contribution is 2.38. The minimum absolute atomic E-state index is 0.302. The number of pyridine rings is 1. The van der Waals surface area contributed by atoms with Crippen molar-refractivity contribution in [2.45, 2.75) is 19.3 Å². The van der Waals surface area contributed by atoms with Crippen LogP contribution in [-0.2, 0) is 12.8 Å². The topological polar surface area (TPSA) is 111 Å². The summed E-state index contributed by atoms with van der Waals surface area (Å²) in [5, 5.41) is 5.90. The normalized spacial score (nSPS) is 12.8. The molecule has 0 atom stereocenters. The number of benzene rings is 1. The molecule has 5 N–H and O–H groups in total. The molecule has 4 aromatic rings. The van der Waals surface area contributed by atoms with Gasteiger partial charge < -0.3 is 16.8 Å². The van der Waals surface area contributed by atoms with Crippen LogP contribution >= 0.6 is 22.7 Å². The predicted molar refractivity (Wildman–Crippen MR) is 122 cm³/mol. The van der Waals surface area contributed by atoms with Crippen LogP contribution in [0, 0.1) is 0 Å². The first-order valence-corrected chi connectivity index (χ1v) is 11.2. The van der Waals surface area contributed by atoms with E-state index in [-0.39, 0.29) is 5.91 Å². The van der Waals surface area contributed by atoms with E-state index in [1.54, 1.807) is 0 Å². The van der Waals surface area contributed by atoms with Crippen molar-refractivity contribution in [1.29, 1.82) is 0 Å². The summed E-state index contributed by atoms with van der Waals surface area (Å²) in [7, 11) is 0. The van der Waals surface area contributed by atoms with Gasteiger partial charge in [-0.1, -0.05) is 30.3 Å². The Morgan fingerprint density at radius 1 is 1.13 bits per heavy atom. The summed E-state index contributed by atoms with van der Waals surface area (Å²) in [5.74, 6) is -0.951. The van der Waals surface area contributed by atoms with Crippen LogP contribution in [0.5, 0.6) is 0 Å². The standard InChI is InChI=1S/C22H18N4O2S2/c23-17-13-9-12-7-4-8-15(12)25-21(13)30-18(17)20(28)26-22-16(19(24)27)14(10-29-22)11-5-2-1-3-6-11/h1-3,5-6,9-10H,4,7-8,23H2,(H2,24,27)(H,26,28). The van der Waals surface area contributed by atoms with E-state index >= 15 is 0 Å². The number of hydrogen-bond acceptors (Lipinski definition) is 6. The lowest BCUT2D eigenvalue weighted by Crippen LogP contribution is -2.17. The van der Waals surface area contributed by atoms with E-state index in [1.807, 2.05) is 35.7 Å². The maximum Gasteiger partial charge on any atom is 0.268 e. The molecule has 0 bridgehead atoms. The molecule has 150 valence electrons. The predicted octanol–water partition coefficient (Wildman–Crippen LogP) is 4.45. The number of aromatic nitrogens is 1. The van der Waals surface area contributed by atoms with Crippen LogP contribution in [0.3, 0.4) is 0 Å². The lowest BCUT2D eigenvalue weighted by atomic mass is 10.0. The fraction of sp³-hybridized carbons (Fsp3) is 0.136. The van der Waals surface area contributed by atoms with Crippen molar-refractivity contribution < 1.29 is 9.59 Å². The summed E-state index contributed by atoms with van der Waals surface area (Å²) < 4.78 is 0. The van der Waals surface area contributed by atoms with Gasteiger partial charge in [0.1, 0.15) is 14.7 Å². The number of nitrogens with one attached hydrogen (secondary N) is 1. The van der Waals surface area contributed by atoms with Crippen LogP contribution in [0.15, 0.2) is 41.8 Å². The van der Waals surface area contributed by atoms with Gasteiger partial charge in [0.25, 0.3) is 11.8 Å². The second-order valence-electron chi connectivity index (χ2n) is 7.18. The van der Waals surface area contributed by atoms with E-state index in [9.17, 15) is 9.59 Å². The molecule has 6 nitrogen and oxygen atoms in total. The number of nitrogens with zero attached hydrogens (tertiary/aromatic N) is 1. The SMILES string of the molecule is NC(=O)c1c(-c2ccccc2)csc1NC(=O)c1sc2nc3c(cc2c1N)CCC3. The van der Waals surface area contributed by atoms with Gasteiger partial charge in [-0.25, -0.2) is 4.98 Å². The highest BCUT2D eigenvalue weighted by molar-refractivity contribution is 7.21. The third-order valence-electron chi connectivity index (χ3n) is 5.30. The fourth-order valence-electron chi connectivity index (χ4n) is 3.85. The largest absolute Gasteiger partial charge is 0.397 e. The van der Waals surface area contributed by atoms with Crippen molar-refractivity contribution in [3.63, 3.8) is 0 Å². The van der Waals surface area contributed by atoms with E-state index in [2.05, 4.69) is 11.4 Å². The van der Waals surface area contributed by atoms with Gasteiger partial charge in [0.05, 0.1) is 11.3 Å². The highest BCUT2D eigenvalue weighted by atomic mass is 32.1. The Labute approximate surface area is 180 Å². The Morgan fingerprint density at radius 2 is 1.93 bits per heavy atom. The molecule has 8 heteroatoms. The number of thiophene rings is 2. The number of carbonyl (C=O) groups is 2. The summed E-state index contributed by atoms with van der Waals surface area (Å²) in [4.78, 5) is 31.1. The Hall–Kier alpha value is -3.23. The second-order valence-corrected chi connectivity index (χ2v) is 9.06. The molecule has 1 aliphatic rings. The summed E-state index contributed by atoms with van der Waals surface area (Å²) >= 11 is 2.54. The molecule has 0 spiro atoms. The smallest absolute Gasteiger partial charge is 0.268 e. The third-order valence-corrected chi connectivity index (χ3v) is 7.31. The number of hydrogen-bond donors (Lipinski definition) is 3. The molecule has 3 heterocycles. The summed E-state index contributed by atoms with van der Waals surface area (Å²) in [6.07, 6.45) is 3.06. The number of rotatable bonds is 4. The first-order valence-electron chi connectivity index (χ1n) is 9.51. The number of anilines is 2. The first kappa shape index (κ1) is 18.8. The lowest BCUT2D eigenvalue weighted by Gasteiger charge is -2.06. The Morgan fingerprint density at radius 3 is 2.70 bits per heavy atom. The highest BCUT2D eigenvalue weighted by Gasteiger charge is 2.24. The van der Waals surface area contributed by atoms with Crippen molar-refractivity contribution in [1.82, 2.24) is 4.98 Å². The van der Waals surface area contributed by atoms with E-state index in [0.29, 0.717) is 26.7 Å².